The summed E-state index contributed by atoms with van der Waals surface area (Å²) in [6.07, 6.45) is 2.92. The van der Waals surface area contributed by atoms with Gasteiger partial charge in [0, 0.05) is 41.7 Å². The van der Waals surface area contributed by atoms with E-state index in [0.29, 0.717) is 15.6 Å². The Kier molecular flexibility index (Phi) is 8.16. The predicted molar refractivity (Wildman–Crippen MR) is 135 cm³/mol. The average Bonchev–Trinajstić information content (AvgIpc) is 3.42. The summed E-state index contributed by atoms with van der Waals surface area (Å²) in [7, 11) is 1.42. The first-order valence-electron chi connectivity index (χ1n) is 11.6. The molecule has 0 spiro atoms. The third kappa shape index (κ3) is 5.51. The molecular weight excluding hydrogens is 559 g/mol. The van der Waals surface area contributed by atoms with Crippen LogP contribution in [0.4, 0.5) is 13.2 Å². The first-order chi connectivity index (χ1) is 18.8. The van der Waals surface area contributed by atoms with E-state index in [9.17, 15) is 23.4 Å². The first kappa shape index (κ1) is 27.5. The van der Waals surface area contributed by atoms with Crippen molar-refractivity contribution in [2.45, 2.75) is 34.7 Å². The van der Waals surface area contributed by atoms with Crippen LogP contribution in [0.1, 0.15) is 6.04 Å². The minimum absolute atomic E-state index is 0.0325. The van der Waals surface area contributed by atoms with Crippen LogP contribution in [0.15, 0.2) is 60.0 Å². The van der Waals surface area contributed by atoms with Crippen LogP contribution in [-0.2, 0) is 9.47 Å². The van der Waals surface area contributed by atoms with Gasteiger partial charge in [0.1, 0.15) is 35.5 Å². The Morgan fingerprint density at radius 2 is 1.85 bits per heavy atom. The Bertz CT molecular complexity index is 1440. The number of methoxy groups -OCH3 is 1. The molecule has 39 heavy (non-hydrogen) atoms. The fraction of sp³-hybridized carbons (Fsp3) is 0.280. The van der Waals surface area contributed by atoms with E-state index in [1.807, 2.05) is 0 Å². The number of ether oxygens (including phenoxy) is 2. The van der Waals surface area contributed by atoms with Crippen LogP contribution in [0.5, 0.6) is 0 Å². The van der Waals surface area contributed by atoms with Crippen molar-refractivity contribution in [3.05, 3.63) is 77.6 Å². The second-order valence-electron chi connectivity index (χ2n) is 8.60. The van der Waals surface area contributed by atoms with E-state index in [2.05, 4.69) is 20.3 Å². The molecule has 1 aliphatic heterocycles. The van der Waals surface area contributed by atoms with E-state index >= 15 is 0 Å². The van der Waals surface area contributed by atoms with Gasteiger partial charge in [0.25, 0.3) is 0 Å². The van der Waals surface area contributed by atoms with E-state index in [-0.39, 0.29) is 11.3 Å². The van der Waals surface area contributed by atoms with Crippen molar-refractivity contribution >= 4 is 23.4 Å². The lowest BCUT2D eigenvalue weighted by atomic mass is 9.97. The maximum atomic E-state index is 13.8. The normalized spacial score (nSPS) is 23.2. The van der Waals surface area contributed by atoms with Gasteiger partial charge in [0.05, 0.1) is 23.5 Å². The molecule has 4 aromatic rings. The molecule has 1 fully saturated rings. The van der Waals surface area contributed by atoms with Crippen molar-refractivity contribution in [2.24, 2.45) is 0 Å². The van der Waals surface area contributed by atoms with Gasteiger partial charge in [0.2, 0.25) is 0 Å². The molecule has 14 heteroatoms. The zero-order valence-electron chi connectivity index (χ0n) is 20.2. The number of aliphatic hydroxyl groups is 2. The van der Waals surface area contributed by atoms with Crippen molar-refractivity contribution in [3.63, 3.8) is 0 Å². The quantitative estimate of drug-likeness (QED) is 0.315. The highest BCUT2D eigenvalue weighted by molar-refractivity contribution is 8.00. The molecule has 1 aliphatic rings. The van der Waals surface area contributed by atoms with Gasteiger partial charge in [-0.15, -0.1) is 5.10 Å². The monoisotopic (exact) mass is 579 g/mol. The van der Waals surface area contributed by atoms with Crippen molar-refractivity contribution < 1.29 is 32.9 Å². The van der Waals surface area contributed by atoms with Gasteiger partial charge in [-0.1, -0.05) is 28.6 Å². The smallest absolute Gasteiger partial charge is 0.194 e. The number of pyridine rings is 2. The van der Waals surface area contributed by atoms with Gasteiger partial charge in [-0.05, 0) is 30.3 Å². The van der Waals surface area contributed by atoms with Gasteiger partial charge in [-0.2, -0.15) is 0 Å². The highest BCUT2D eigenvalue weighted by Crippen LogP contribution is 2.42. The summed E-state index contributed by atoms with van der Waals surface area (Å²) >= 11 is 7.47. The zero-order chi connectivity index (χ0) is 27.7. The van der Waals surface area contributed by atoms with Crippen molar-refractivity contribution in [3.8, 4) is 22.5 Å². The van der Waals surface area contributed by atoms with Gasteiger partial charge in [-0.3, -0.25) is 9.97 Å². The minimum atomic E-state index is -1.60. The molecule has 0 amide bonds. The molecule has 0 radical (unpaired) electrons. The number of benzene rings is 1. The van der Waals surface area contributed by atoms with Gasteiger partial charge in [-0.25, -0.2) is 17.9 Å². The molecule has 2 N–H and O–H groups in total. The lowest BCUT2D eigenvalue weighted by Gasteiger charge is -2.43. The fourth-order valence-electron chi connectivity index (χ4n) is 4.33. The van der Waals surface area contributed by atoms with Gasteiger partial charge < -0.3 is 19.7 Å². The first-order valence-corrected chi connectivity index (χ1v) is 12.8. The zero-order valence-corrected chi connectivity index (χ0v) is 21.7. The summed E-state index contributed by atoms with van der Waals surface area (Å²) in [5.41, 5.74) is 0.575. The van der Waals surface area contributed by atoms with E-state index in [1.165, 1.54) is 35.9 Å². The second-order valence-corrected chi connectivity index (χ2v) is 10.2. The van der Waals surface area contributed by atoms with Crippen LogP contribution in [0.3, 0.4) is 0 Å². The number of aliphatic hydroxyl groups excluding tert-OH is 2. The molecule has 1 saturated heterocycles. The molecule has 0 aliphatic carbocycles. The Morgan fingerprint density at radius 3 is 2.51 bits per heavy atom. The molecule has 0 saturated carbocycles. The van der Waals surface area contributed by atoms with Crippen LogP contribution in [0, 0.1) is 17.5 Å². The third-order valence-electron chi connectivity index (χ3n) is 6.21. The minimum Gasteiger partial charge on any atom is -0.394 e. The highest BCUT2D eigenvalue weighted by atomic mass is 35.5. The summed E-state index contributed by atoms with van der Waals surface area (Å²) < 4.78 is 54.1. The molecule has 4 heterocycles. The van der Waals surface area contributed by atoms with Crippen LogP contribution >= 0.6 is 23.4 Å². The number of nitrogens with zero attached hydrogens (tertiary/aromatic N) is 5. The molecule has 5 rings (SSSR count). The Labute approximate surface area is 229 Å². The van der Waals surface area contributed by atoms with Crippen molar-refractivity contribution in [1.29, 1.82) is 0 Å². The molecule has 3 aromatic heterocycles. The lowest BCUT2D eigenvalue weighted by molar-refractivity contribution is -0.186. The average molecular weight is 580 g/mol. The number of aromatic nitrogens is 5. The van der Waals surface area contributed by atoms with Crippen molar-refractivity contribution in [2.75, 3.05) is 13.7 Å². The van der Waals surface area contributed by atoms with Crippen LogP contribution < -0.4 is 0 Å². The van der Waals surface area contributed by atoms with E-state index in [0.717, 1.165) is 17.7 Å². The maximum absolute atomic E-state index is 13.8. The summed E-state index contributed by atoms with van der Waals surface area (Å²) in [6.45, 7) is -0.522. The summed E-state index contributed by atoms with van der Waals surface area (Å²) in [6, 6.07) is 5.94. The van der Waals surface area contributed by atoms with E-state index in [4.69, 9.17) is 21.1 Å². The van der Waals surface area contributed by atoms with E-state index < -0.39 is 53.8 Å². The molecular formula is C25H21ClF3N5O4S. The van der Waals surface area contributed by atoms with Gasteiger partial charge >= 0.3 is 0 Å². The molecule has 5 atom stereocenters. The molecule has 5 unspecified atom stereocenters. The van der Waals surface area contributed by atoms with Crippen LogP contribution in [0.25, 0.3) is 22.5 Å². The van der Waals surface area contributed by atoms with E-state index in [1.54, 1.807) is 30.6 Å². The highest BCUT2D eigenvalue weighted by Gasteiger charge is 2.47. The predicted octanol–water partition coefficient (Wildman–Crippen LogP) is 3.90. The molecule has 204 valence electrons. The Morgan fingerprint density at radius 1 is 1.13 bits per heavy atom. The molecule has 9 nitrogen and oxygen atoms in total. The van der Waals surface area contributed by atoms with Crippen LogP contribution in [-0.4, -0.2) is 72.6 Å². The third-order valence-corrected chi connectivity index (χ3v) is 7.59. The topological polar surface area (TPSA) is 115 Å². The largest absolute Gasteiger partial charge is 0.394 e. The summed E-state index contributed by atoms with van der Waals surface area (Å²) in [4.78, 5) is 9.14. The number of hydrogen-bond acceptors (Lipinski definition) is 9. The second kappa shape index (κ2) is 11.6. The Balaban J connectivity index is 1.50. The lowest BCUT2D eigenvalue weighted by Crippen LogP contribution is -2.55. The summed E-state index contributed by atoms with van der Waals surface area (Å²) in [5, 5.41) is 29.4. The Hall–Kier alpha value is -3.07. The summed E-state index contributed by atoms with van der Waals surface area (Å²) in [5.74, 6) is -4.35. The number of thioether (sulfide) groups is 1. The maximum Gasteiger partial charge on any atom is 0.194 e. The number of rotatable bonds is 7. The standard InChI is InChI=1S/C25H21ClF3N5O4S/c1-37-24-22(34-10-17(32-33-34)13-6-15(27)20(29)16(28)7-13)23(36)18(11-35)38-25(24)39-19-8-14(26)9-31-21(19)12-2-4-30-5-3-12/h2-10,18,22-25,35-36H,11H2,1H3. The van der Waals surface area contributed by atoms with Gasteiger partial charge in [0.15, 0.2) is 17.5 Å². The number of hydrogen-bond donors (Lipinski definition) is 2. The fourth-order valence-corrected chi connectivity index (χ4v) is 5.88. The molecule has 1 aromatic carbocycles. The SMILES string of the molecule is COC1C(Sc2cc(Cl)cnc2-c2ccncc2)OC(CO)C(O)C1n1cc(-c2cc(F)c(F)c(F)c2)nn1. The van der Waals surface area contributed by atoms with Crippen molar-refractivity contribution in [1.82, 2.24) is 25.0 Å². The number of halogens is 4. The van der Waals surface area contributed by atoms with Crippen LogP contribution in [0.2, 0.25) is 5.02 Å². The molecule has 0 bridgehead atoms.